The molecule has 3 nitrogen and oxygen atoms in total. The Labute approximate surface area is 877 Å². The summed E-state index contributed by atoms with van der Waals surface area (Å²) in [5.41, 5.74) is 42.6. The molecule has 0 N–H and O–H groups in total. The molecule has 0 unspecified atom stereocenters. The van der Waals surface area contributed by atoms with Crippen LogP contribution in [0, 0.1) is 187 Å². The van der Waals surface area contributed by atoms with Gasteiger partial charge in [-0.2, -0.15) is 0 Å². The number of benzene rings is 18. The predicted octanol–water partition coefficient (Wildman–Crippen LogP) is 40.4. The minimum absolute atomic E-state index is 0.506. The van der Waals surface area contributed by atoms with Gasteiger partial charge in [0.15, 0.2) is 0 Å². The number of aryl methyl sites for hydroxylation is 27. The summed E-state index contributed by atoms with van der Waals surface area (Å²) in [7, 11) is 0. The van der Waals surface area contributed by atoms with E-state index in [0.717, 1.165) is 33.5 Å². The van der Waals surface area contributed by atoms with Gasteiger partial charge in [0.05, 0.1) is 0 Å². The van der Waals surface area contributed by atoms with Gasteiger partial charge >= 0.3 is 305 Å². The van der Waals surface area contributed by atoms with Gasteiger partial charge < -0.3 is 13.3 Å². The molecule has 0 saturated carbocycles. The first kappa shape index (κ1) is 100. The van der Waals surface area contributed by atoms with Crippen LogP contribution in [0.4, 0.5) is 0 Å². The summed E-state index contributed by atoms with van der Waals surface area (Å²) >= 11 is 7.25. The average molecular weight is 2130 g/mol. The maximum absolute atomic E-state index is 5.99. The van der Waals surface area contributed by atoms with Gasteiger partial charge in [0.25, 0.3) is 0 Å². The van der Waals surface area contributed by atoms with Crippen LogP contribution >= 0.6 is 34.0 Å². The van der Waals surface area contributed by atoms with Gasteiger partial charge in [-0.05, 0) is 299 Å². The Balaban J connectivity index is 0.000000103. The number of rotatable bonds is 0. The number of fused-ring (bicyclic) bond motifs is 27. The molecular weight excluding hydrogens is 2000 g/mol. The first-order valence-electron chi connectivity index (χ1n) is 50.0. The van der Waals surface area contributed by atoms with Crippen molar-refractivity contribution < 1.29 is 13.3 Å². The molecule has 9 heterocycles. The molecule has 0 bridgehead atoms. The van der Waals surface area contributed by atoms with Crippen molar-refractivity contribution in [2.24, 2.45) is 0 Å². The summed E-state index contributed by atoms with van der Waals surface area (Å²) in [5, 5.41) is 24.6. The van der Waals surface area contributed by atoms with E-state index in [1.165, 1.54) is 280 Å². The van der Waals surface area contributed by atoms with E-state index < -0.39 is 0 Å². The Morgan fingerprint density at radius 3 is 1.17 bits per heavy atom. The minimum atomic E-state index is 0.506. The van der Waals surface area contributed by atoms with E-state index in [2.05, 4.69) is 460 Å². The molecule has 720 valence electrons. The quantitative estimate of drug-likeness (QED) is 0.142. The molecule has 27 rings (SSSR count). The molecule has 9 heteroatoms. The van der Waals surface area contributed by atoms with Gasteiger partial charge in [-0.3, -0.25) is 0 Å². The molecule has 0 aliphatic heterocycles. The molecule has 0 amide bonds. The van der Waals surface area contributed by atoms with E-state index in [1.807, 2.05) is 34.0 Å². The molecule has 0 saturated heterocycles. The fourth-order valence-corrected chi connectivity index (χ4v) is 31.3. The van der Waals surface area contributed by atoms with Gasteiger partial charge in [0.2, 0.25) is 0 Å². The first-order valence-corrected chi connectivity index (χ1v) is 57.6. The summed E-state index contributed by atoms with van der Waals surface area (Å²) in [6.45, 7) is 58.6. The van der Waals surface area contributed by atoms with Crippen molar-refractivity contribution in [2.75, 3.05) is 0 Å². The smallest absolute Gasteiger partial charge is 0.138 e. The third kappa shape index (κ3) is 20.1. The average Bonchev–Trinajstić information content (AvgIpc) is 1.61. The van der Waals surface area contributed by atoms with Crippen molar-refractivity contribution in [2.45, 2.75) is 187 Å². The summed E-state index contributed by atoms with van der Waals surface area (Å²) in [6, 6.07) is 100. The fraction of sp³-hybridized carbons (Fsp3) is 0.200. The Kier molecular flexibility index (Phi) is 28.7. The molecule has 0 radical (unpaired) electrons. The van der Waals surface area contributed by atoms with Crippen LogP contribution in [0.15, 0.2) is 286 Å². The molecule has 27 aromatic rings. The second-order valence-corrected chi connectivity index (χ2v) is 50.4. The number of para-hydroxylation sites is 1. The second kappa shape index (κ2) is 41.2. The van der Waals surface area contributed by atoms with E-state index >= 15 is 0 Å². The monoisotopic (exact) mass is 2130 g/mol. The maximum atomic E-state index is 5.99. The zero-order valence-corrected chi connectivity index (χ0v) is 95.7. The van der Waals surface area contributed by atoms with Gasteiger partial charge in [-0.25, -0.2) is 0 Å². The molecule has 0 fully saturated rings. The van der Waals surface area contributed by atoms with E-state index in [9.17, 15) is 0 Å². The Bertz CT molecular complexity index is 8840. The van der Waals surface area contributed by atoms with Crippen LogP contribution < -0.4 is 0 Å². The second-order valence-electron chi connectivity index (χ2n) is 40.5. The molecule has 0 aliphatic carbocycles. The van der Waals surface area contributed by atoms with Gasteiger partial charge in [-0.1, -0.05) is 108 Å². The van der Waals surface area contributed by atoms with Crippen LogP contribution in [0.1, 0.15) is 150 Å². The number of hydrogen-bond acceptors (Lipinski definition) is 6. The van der Waals surface area contributed by atoms with Crippen LogP contribution in [-0.2, 0) is 0 Å². The van der Waals surface area contributed by atoms with E-state index in [-0.39, 0.29) is 0 Å². The molecule has 144 heavy (non-hydrogen) atoms. The molecule has 18 aromatic carbocycles. The Hall–Kier alpha value is -12.4. The number of thiophene rings is 3. The third-order valence-electron chi connectivity index (χ3n) is 29.6. The van der Waals surface area contributed by atoms with Gasteiger partial charge in [0, 0.05) is 92.8 Å². The summed E-state index contributed by atoms with van der Waals surface area (Å²) in [5.74, 6) is 0. The Morgan fingerprint density at radius 1 is 0.160 bits per heavy atom. The molecular formula is C135H126O3S3Se3. The summed E-state index contributed by atoms with van der Waals surface area (Å²) in [4.78, 5) is 0. The van der Waals surface area contributed by atoms with Crippen LogP contribution in [0.25, 0.3) is 184 Å². The zero-order valence-electron chi connectivity index (χ0n) is 88.2. The van der Waals surface area contributed by atoms with Crippen molar-refractivity contribution in [3.05, 3.63) is 423 Å². The van der Waals surface area contributed by atoms with Crippen LogP contribution in [-0.4, -0.2) is 43.5 Å². The third-order valence-corrected chi connectivity index (χ3v) is 41.1. The zero-order chi connectivity index (χ0) is 102. The molecule has 0 aliphatic rings. The standard InChI is InChI=1S/3C15H14O.3C15H14S.3C15H14Se/c1-9-4-5-14-12(6-9)13-7-10(2)11(3)8-15(13)16-14;1-9-4-5-12-13-7-10(2)11(3)8-15(13)16-14(12)6-9;1-9-7-8-13-12-6-4-5-10(2)14(12)16-15(13)11(9)3;1-9-4-5-14-12(6-9)13-7-10(2)11(3)8-15(13)16-14;1-9-4-5-12-13-7-10(2)11(3)8-15(13)16-14(12)6-9;1-9-7-8-13-12-6-4-5-10(2)14(12)16-15(13)11(9)3;1-9-4-5-14-12(6-9)13-7-10(2)11(3)8-15(13)16-14;1-9-4-5-12-13-7-10(2)11(3)8-15(13)16-14(12)6-9;1-9-7-8-13-12-6-4-5-10(2)14(12)16-15(13)11(9)3/h9*4-8H,1-3H3. The van der Waals surface area contributed by atoms with Crippen LogP contribution in [0.3, 0.4) is 0 Å². The first-order chi connectivity index (χ1) is 68.9. The minimum Gasteiger partial charge on any atom is -0.456 e. The van der Waals surface area contributed by atoms with Crippen LogP contribution in [0.2, 0.25) is 0 Å². The summed E-state index contributed by atoms with van der Waals surface area (Å²) < 4.78 is 35.6. The number of hydrogen-bond donors (Lipinski definition) is 0. The largest absolute Gasteiger partial charge is 0.456 e. The van der Waals surface area contributed by atoms with Crippen molar-refractivity contribution in [3.8, 4) is 0 Å². The van der Waals surface area contributed by atoms with Crippen molar-refractivity contribution in [3.63, 3.8) is 0 Å². The normalized spacial score (nSPS) is 11.4. The predicted molar refractivity (Wildman–Crippen MR) is 642 cm³/mol. The van der Waals surface area contributed by atoms with Crippen molar-refractivity contribution in [1.82, 2.24) is 0 Å². The summed E-state index contributed by atoms with van der Waals surface area (Å²) in [6.07, 6.45) is 0. The maximum Gasteiger partial charge on any atom is 0.138 e. The fourth-order valence-electron chi connectivity index (χ4n) is 19.6. The van der Waals surface area contributed by atoms with Gasteiger partial charge in [0.1, 0.15) is 33.5 Å². The molecule has 0 atom stereocenters. The van der Waals surface area contributed by atoms with Crippen LogP contribution in [0.5, 0.6) is 0 Å². The number of furan rings is 3. The van der Waals surface area contributed by atoms with Gasteiger partial charge in [-0.15, -0.1) is 34.0 Å². The van der Waals surface area contributed by atoms with E-state index in [4.69, 9.17) is 13.3 Å². The van der Waals surface area contributed by atoms with E-state index in [1.54, 1.807) is 21.3 Å². The van der Waals surface area contributed by atoms with Crippen molar-refractivity contribution >= 4 is 262 Å². The Morgan fingerprint density at radius 2 is 0.528 bits per heavy atom. The topological polar surface area (TPSA) is 39.4 Å². The molecule has 9 aromatic heterocycles. The van der Waals surface area contributed by atoms with Crippen molar-refractivity contribution in [1.29, 1.82) is 0 Å². The van der Waals surface area contributed by atoms with E-state index in [0.29, 0.717) is 43.5 Å². The SMILES string of the molecule is Cc1ccc2[se]c3cc(C)c(C)cc3c2c1.Cc1ccc2c([se]c3c(C)cccc32)c1C.Cc1ccc2c(c1)[se]c1cc(C)c(C)cc12.Cc1ccc2c(c1)oc1cc(C)c(C)cc12.Cc1ccc2c(c1)sc1cc(C)c(C)cc12.Cc1ccc2c(oc3c(C)cccc32)c1C.Cc1ccc2c(sc3c(C)cccc32)c1C.Cc1ccc2oc3cc(C)c(C)cc3c2c1.Cc1ccc2sc3cc(C)c(C)cc3c2c1. The molecule has 0 spiro atoms.